The van der Waals surface area contributed by atoms with Crippen LogP contribution in [0.5, 0.6) is 0 Å². The van der Waals surface area contributed by atoms with Crippen molar-refractivity contribution < 1.29 is 9.90 Å². The van der Waals surface area contributed by atoms with Crippen molar-refractivity contribution in [3.63, 3.8) is 0 Å². The van der Waals surface area contributed by atoms with E-state index in [-0.39, 0.29) is 5.91 Å². The van der Waals surface area contributed by atoms with Crippen LogP contribution in [-0.2, 0) is 7.05 Å². The Bertz CT molecular complexity index is 482. The first-order valence-corrected chi connectivity index (χ1v) is 7.01. The predicted octanol–water partition coefficient (Wildman–Crippen LogP) is 0.257. The topological polar surface area (TPSA) is 61.6 Å². The van der Waals surface area contributed by atoms with E-state index in [2.05, 4.69) is 10.00 Å². The Morgan fingerprint density at radius 3 is 2.40 bits per heavy atom. The van der Waals surface area contributed by atoms with E-state index in [0.717, 1.165) is 18.8 Å². The number of piperazine rings is 1. The third-order valence-electron chi connectivity index (χ3n) is 3.49. The maximum absolute atomic E-state index is 12.4. The third kappa shape index (κ3) is 3.58. The standard InChI is InChI=1S/C14H24N4O2/c1-11-9-12(16(4)15-11)13(19)18-7-5-17(6-8-18)10-14(2,3)20/h9,20H,5-8,10H2,1-4H3. The van der Waals surface area contributed by atoms with Crippen LogP contribution in [0.25, 0.3) is 0 Å². The summed E-state index contributed by atoms with van der Waals surface area (Å²) in [7, 11) is 1.80. The SMILES string of the molecule is Cc1cc(C(=O)N2CCN(CC(C)(C)O)CC2)n(C)n1. The van der Waals surface area contributed by atoms with Crippen LogP contribution in [0.15, 0.2) is 6.07 Å². The second-order valence-electron chi connectivity index (χ2n) is 6.18. The summed E-state index contributed by atoms with van der Waals surface area (Å²) in [6.45, 7) is 9.13. The summed E-state index contributed by atoms with van der Waals surface area (Å²) in [5, 5.41) is 14.0. The van der Waals surface area contributed by atoms with Crippen molar-refractivity contribution in [3.8, 4) is 0 Å². The molecule has 1 aromatic rings. The molecule has 1 fully saturated rings. The summed E-state index contributed by atoms with van der Waals surface area (Å²) < 4.78 is 1.64. The molecule has 0 spiro atoms. The summed E-state index contributed by atoms with van der Waals surface area (Å²) >= 11 is 0. The van der Waals surface area contributed by atoms with Gasteiger partial charge in [-0.3, -0.25) is 14.4 Å². The number of rotatable bonds is 3. The minimum absolute atomic E-state index is 0.0380. The van der Waals surface area contributed by atoms with Gasteiger partial charge < -0.3 is 10.0 Å². The first kappa shape index (κ1) is 15.0. The number of aryl methyl sites for hydroxylation is 2. The van der Waals surface area contributed by atoms with Gasteiger partial charge in [-0.2, -0.15) is 5.10 Å². The number of aromatic nitrogens is 2. The zero-order valence-electron chi connectivity index (χ0n) is 12.8. The number of nitrogens with zero attached hydrogens (tertiary/aromatic N) is 4. The summed E-state index contributed by atoms with van der Waals surface area (Å²) in [6.07, 6.45) is 0. The molecule has 6 heteroatoms. The highest BCUT2D eigenvalue weighted by Gasteiger charge is 2.26. The molecule has 0 aliphatic carbocycles. The molecule has 2 heterocycles. The predicted molar refractivity (Wildman–Crippen MR) is 76.6 cm³/mol. The molecular weight excluding hydrogens is 256 g/mol. The Kier molecular flexibility index (Phi) is 4.15. The fourth-order valence-corrected chi connectivity index (χ4v) is 2.63. The second-order valence-corrected chi connectivity index (χ2v) is 6.18. The number of carbonyl (C=O) groups is 1. The molecule has 1 amide bonds. The molecule has 0 radical (unpaired) electrons. The molecule has 0 saturated carbocycles. The van der Waals surface area contributed by atoms with Crippen molar-refractivity contribution in [2.24, 2.45) is 7.05 Å². The molecule has 1 saturated heterocycles. The lowest BCUT2D eigenvalue weighted by molar-refractivity contribution is 0.0176. The van der Waals surface area contributed by atoms with Crippen LogP contribution in [0.3, 0.4) is 0 Å². The van der Waals surface area contributed by atoms with E-state index in [9.17, 15) is 9.90 Å². The first-order valence-electron chi connectivity index (χ1n) is 7.01. The maximum atomic E-state index is 12.4. The number of aliphatic hydroxyl groups is 1. The Balaban J connectivity index is 1.94. The zero-order valence-corrected chi connectivity index (χ0v) is 12.8. The lowest BCUT2D eigenvalue weighted by Crippen LogP contribution is -2.52. The molecule has 0 bridgehead atoms. The van der Waals surface area contributed by atoms with Crippen LogP contribution in [0.4, 0.5) is 0 Å². The van der Waals surface area contributed by atoms with Gasteiger partial charge in [-0.15, -0.1) is 0 Å². The zero-order chi connectivity index (χ0) is 14.9. The van der Waals surface area contributed by atoms with Gasteiger partial charge in [0.05, 0.1) is 11.3 Å². The number of amides is 1. The highest BCUT2D eigenvalue weighted by Crippen LogP contribution is 2.12. The molecule has 0 unspecified atom stereocenters. The van der Waals surface area contributed by atoms with Gasteiger partial charge in [-0.05, 0) is 26.8 Å². The number of hydrogen-bond acceptors (Lipinski definition) is 4. The molecule has 1 aromatic heterocycles. The number of β-amino-alcohol motifs (C(OH)–C–C–N with tert-alkyl or cyclic N) is 1. The first-order chi connectivity index (χ1) is 9.26. The summed E-state index contributed by atoms with van der Waals surface area (Å²) in [5.41, 5.74) is 0.806. The van der Waals surface area contributed by atoms with Gasteiger partial charge in [-0.1, -0.05) is 0 Å². The van der Waals surface area contributed by atoms with Crippen LogP contribution < -0.4 is 0 Å². The Labute approximate surface area is 120 Å². The fraction of sp³-hybridized carbons (Fsp3) is 0.714. The van der Waals surface area contributed by atoms with Gasteiger partial charge >= 0.3 is 0 Å². The third-order valence-corrected chi connectivity index (χ3v) is 3.49. The molecular formula is C14H24N4O2. The fourth-order valence-electron chi connectivity index (χ4n) is 2.63. The highest BCUT2D eigenvalue weighted by molar-refractivity contribution is 5.92. The molecule has 1 N–H and O–H groups in total. The second kappa shape index (κ2) is 5.54. The van der Waals surface area contributed by atoms with E-state index in [1.165, 1.54) is 0 Å². The molecule has 6 nitrogen and oxygen atoms in total. The molecule has 1 aliphatic heterocycles. The van der Waals surface area contributed by atoms with E-state index in [1.54, 1.807) is 11.7 Å². The van der Waals surface area contributed by atoms with Gasteiger partial charge in [-0.25, -0.2) is 0 Å². The van der Waals surface area contributed by atoms with Crippen molar-refractivity contribution in [3.05, 3.63) is 17.5 Å². The van der Waals surface area contributed by atoms with Crippen LogP contribution in [0.1, 0.15) is 30.0 Å². The van der Waals surface area contributed by atoms with Crippen LogP contribution in [-0.4, -0.2) is 68.9 Å². The molecule has 112 valence electrons. The molecule has 20 heavy (non-hydrogen) atoms. The van der Waals surface area contributed by atoms with Crippen molar-refractivity contribution in [1.29, 1.82) is 0 Å². The van der Waals surface area contributed by atoms with E-state index in [0.29, 0.717) is 25.3 Å². The lowest BCUT2D eigenvalue weighted by Gasteiger charge is -2.37. The van der Waals surface area contributed by atoms with Crippen LogP contribution in [0.2, 0.25) is 0 Å². The van der Waals surface area contributed by atoms with Gasteiger partial charge in [0, 0.05) is 39.8 Å². The highest BCUT2D eigenvalue weighted by atomic mass is 16.3. The monoisotopic (exact) mass is 280 g/mol. The van der Waals surface area contributed by atoms with Gasteiger partial charge in [0.15, 0.2) is 0 Å². The minimum Gasteiger partial charge on any atom is -0.389 e. The summed E-state index contributed by atoms with van der Waals surface area (Å²) in [6, 6.07) is 1.82. The quantitative estimate of drug-likeness (QED) is 0.862. The van der Waals surface area contributed by atoms with Gasteiger partial charge in [0.2, 0.25) is 0 Å². The van der Waals surface area contributed by atoms with Crippen LogP contribution >= 0.6 is 0 Å². The largest absolute Gasteiger partial charge is 0.389 e. The molecule has 1 aliphatic rings. The van der Waals surface area contributed by atoms with Crippen molar-refractivity contribution in [1.82, 2.24) is 19.6 Å². The maximum Gasteiger partial charge on any atom is 0.272 e. The van der Waals surface area contributed by atoms with E-state index >= 15 is 0 Å². The Hall–Kier alpha value is -1.40. The van der Waals surface area contributed by atoms with Gasteiger partial charge in [0.1, 0.15) is 5.69 Å². The van der Waals surface area contributed by atoms with Crippen LogP contribution in [0, 0.1) is 6.92 Å². The van der Waals surface area contributed by atoms with E-state index in [4.69, 9.17) is 0 Å². The molecule has 0 atom stereocenters. The van der Waals surface area contributed by atoms with E-state index < -0.39 is 5.60 Å². The van der Waals surface area contributed by atoms with Crippen molar-refractivity contribution in [2.75, 3.05) is 32.7 Å². The number of carbonyl (C=O) groups excluding carboxylic acids is 1. The average molecular weight is 280 g/mol. The smallest absolute Gasteiger partial charge is 0.272 e. The lowest BCUT2D eigenvalue weighted by atomic mass is 10.1. The Morgan fingerprint density at radius 1 is 1.35 bits per heavy atom. The molecule has 0 aromatic carbocycles. The minimum atomic E-state index is -0.689. The normalized spacial score (nSPS) is 17.6. The summed E-state index contributed by atoms with van der Waals surface area (Å²) in [4.78, 5) is 16.5. The Morgan fingerprint density at radius 2 is 1.95 bits per heavy atom. The van der Waals surface area contributed by atoms with E-state index in [1.807, 2.05) is 31.7 Å². The number of hydrogen-bond donors (Lipinski definition) is 1. The summed E-state index contributed by atoms with van der Waals surface area (Å²) in [5.74, 6) is 0.0380. The van der Waals surface area contributed by atoms with Crippen molar-refractivity contribution >= 4 is 5.91 Å². The van der Waals surface area contributed by atoms with Gasteiger partial charge in [0.25, 0.3) is 5.91 Å². The molecule has 2 rings (SSSR count). The van der Waals surface area contributed by atoms with Crippen molar-refractivity contribution in [2.45, 2.75) is 26.4 Å². The average Bonchev–Trinajstić information content (AvgIpc) is 2.66.